The summed E-state index contributed by atoms with van der Waals surface area (Å²) in [6.07, 6.45) is -0.0427. The largest absolute Gasteiger partial charge is 0.480 e. The molecule has 0 spiro atoms. The van der Waals surface area contributed by atoms with Gasteiger partial charge < -0.3 is 10.2 Å². The van der Waals surface area contributed by atoms with Crippen molar-refractivity contribution in [2.75, 3.05) is 27.2 Å². The zero-order valence-electron chi connectivity index (χ0n) is 18.9. The normalized spacial score (nSPS) is 19.1. The summed E-state index contributed by atoms with van der Waals surface area (Å²) in [4.78, 5) is 62.7. The van der Waals surface area contributed by atoms with Crippen LogP contribution in [0, 0.1) is 11.7 Å². The smallest absolute Gasteiger partial charge is 0.321 e. The number of imide groups is 2. The Morgan fingerprint density at radius 1 is 1.18 bits per heavy atom. The molecule has 1 unspecified atom stereocenters. The Labute approximate surface area is 190 Å². The van der Waals surface area contributed by atoms with Gasteiger partial charge in [-0.05, 0) is 38.6 Å². The first-order valence-corrected chi connectivity index (χ1v) is 10.4. The van der Waals surface area contributed by atoms with Gasteiger partial charge in [-0.2, -0.15) is 0 Å². The van der Waals surface area contributed by atoms with E-state index in [9.17, 15) is 28.4 Å². The Bertz CT molecular complexity index is 955. The molecule has 0 bridgehead atoms. The molecule has 0 aliphatic carbocycles. The van der Waals surface area contributed by atoms with Gasteiger partial charge in [0.05, 0.1) is 24.3 Å². The average Bonchev–Trinajstić information content (AvgIpc) is 2.96. The third kappa shape index (κ3) is 5.25. The maximum Gasteiger partial charge on any atom is 0.321 e. The van der Waals surface area contributed by atoms with Crippen molar-refractivity contribution in [1.29, 1.82) is 0 Å². The van der Waals surface area contributed by atoms with Gasteiger partial charge in [-0.25, -0.2) is 4.39 Å². The number of aliphatic carboxylic acids is 1. The molecular formula is C22H28FN3O7. The summed E-state index contributed by atoms with van der Waals surface area (Å²) in [6, 6.07) is 2.18. The number of amides is 4. The summed E-state index contributed by atoms with van der Waals surface area (Å²) < 4.78 is 13.8. The van der Waals surface area contributed by atoms with E-state index in [-0.39, 0.29) is 42.5 Å². The van der Waals surface area contributed by atoms with E-state index in [4.69, 9.17) is 10.2 Å². The minimum absolute atomic E-state index is 0.00726. The van der Waals surface area contributed by atoms with Crippen molar-refractivity contribution in [2.45, 2.75) is 38.8 Å². The third-order valence-corrected chi connectivity index (χ3v) is 5.46. The molecule has 2 atom stereocenters. The first-order valence-electron chi connectivity index (χ1n) is 10.4. The second kappa shape index (κ2) is 10.6. The number of aliphatic hydroxyl groups excluding tert-OH is 1. The van der Waals surface area contributed by atoms with Crippen LogP contribution in [0.2, 0.25) is 0 Å². The molecule has 3 rings (SSSR count). The molecule has 1 aromatic carbocycles. The fourth-order valence-corrected chi connectivity index (χ4v) is 4.04. The third-order valence-electron chi connectivity index (χ3n) is 5.46. The number of likely N-dealkylation sites (N-methyl/N-ethyl adjacent to an activating group) is 1. The highest BCUT2D eigenvalue weighted by Gasteiger charge is 2.47. The van der Waals surface area contributed by atoms with Gasteiger partial charge in [-0.3, -0.25) is 38.7 Å². The highest BCUT2D eigenvalue weighted by atomic mass is 19.1. The van der Waals surface area contributed by atoms with E-state index in [2.05, 4.69) is 0 Å². The van der Waals surface area contributed by atoms with Crippen LogP contribution in [-0.2, 0) is 14.4 Å². The predicted octanol–water partition coefficient (Wildman–Crippen LogP) is 0.589. The van der Waals surface area contributed by atoms with E-state index in [1.807, 2.05) is 13.8 Å². The molecule has 11 heteroatoms. The fraction of sp³-hybridized carbons (Fsp3) is 0.500. The first-order chi connectivity index (χ1) is 15.4. The SMILES string of the molecule is CC(C)[C@@H](C(=O)O)N(C)C.O=C1CCC(N2C(=O)c3cccc(F)c3C2=O)C(=O)N1CCO. The molecule has 0 saturated carbocycles. The minimum atomic E-state index is -1.16. The van der Waals surface area contributed by atoms with Crippen molar-refractivity contribution >= 4 is 29.6 Å². The van der Waals surface area contributed by atoms with E-state index in [0.29, 0.717) is 4.90 Å². The molecule has 1 fully saturated rings. The van der Waals surface area contributed by atoms with Gasteiger partial charge in [-0.1, -0.05) is 19.9 Å². The number of fused-ring (bicyclic) bond motifs is 1. The van der Waals surface area contributed by atoms with E-state index in [0.717, 1.165) is 11.0 Å². The number of benzene rings is 1. The van der Waals surface area contributed by atoms with E-state index in [1.165, 1.54) is 12.1 Å². The molecule has 2 aliphatic rings. The average molecular weight is 465 g/mol. The van der Waals surface area contributed by atoms with Crippen LogP contribution in [0.5, 0.6) is 0 Å². The monoisotopic (exact) mass is 465 g/mol. The maximum atomic E-state index is 13.8. The molecule has 4 amide bonds. The van der Waals surface area contributed by atoms with Gasteiger partial charge in [0, 0.05) is 6.42 Å². The number of nitrogens with zero attached hydrogens (tertiary/aromatic N) is 3. The summed E-state index contributed by atoms with van der Waals surface area (Å²) in [5.41, 5.74) is -0.440. The Morgan fingerprint density at radius 3 is 2.27 bits per heavy atom. The summed E-state index contributed by atoms with van der Waals surface area (Å²) in [5, 5.41) is 17.6. The Hall–Kier alpha value is -3.18. The number of likely N-dealkylation sites (tertiary alicyclic amines) is 1. The van der Waals surface area contributed by atoms with Crippen LogP contribution < -0.4 is 0 Å². The van der Waals surface area contributed by atoms with Gasteiger partial charge in [0.1, 0.15) is 17.9 Å². The van der Waals surface area contributed by atoms with Crippen molar-refractivity contribution in [3.8, 4) is 0 Å². The second-order valence-electron chi connectivity index (χ2n) is 8.30. The first kappa shape index (κ1) is 26.1. The van der Waals surface area contributed by atoms with Crippen molar-refractivity contribution < 1.29 is 38.6 Å². The number of piperidine rings is 1. The number of carbonyl (C=O) groups excluding carboxylic acids is 4. The Morgan fingerprint density at radius 2 is 1.82 bits per heavy atom. The quantitative estimate of drug-likeness (QED) is 0.583. The Balaban J connectivity index is 0.000000328. The standard InChI is InChI=1S/C15H13FN2O5.C7H15NO2/c16-9-3-1-2-8-12(9)15(23)18(13(8)21)10-4-5-11(20)17(6-7-19)14(10)22;1-5(2)6(7(9)10)8(3)4/h1-3,10,19H,4-7H2;5-6H,1-4H3,(H,9,10)/t;6-/m.0/s1. The molecule has 33 heavy (non-hydrogen) atoms. The van der Waals surface area contributed by atoms with Gasteiger partial charge in [0.2, 0.25) is 5.91 Å². The number of aliphatic hydroxyl groups is 1. The van der Waals surface area contributed by atoms with Crippen LogP contribution in [-0.4, -0.2) is 93.8 Å². The summed E-state index contributed by atoms with van der Waals surface area (Å²) in [6.45, 7) is 3.18. The number of hydrogen-bond donors (Lipinski definition) is 2. The number of carboxylic acid groups (broad SMARTS) is 1. The molecule has 2 heterocycles. The van der Waals surface area contributed by atoms with Gasteiger partial charge >= 0.3 is 5.97 Å². The maximum absolute atomic E-state index is 13.8. The molecule has 2 aliphatic heterocycles. The van der Waals surface area contributed by atoms with Crippen LogP contribution in [0.3, 0.4) is 0 Å². The minimum Gasteiger partial charge on any atom is -0.480 e. The van der Waals surface area contributed by atoms with Gasteiger partial charge in [0.25, 0.3) is 17.7 Å². The number of carboxylic acids is 1. The van der Waals surface area contributed by atoms with E-state index < -0.39 is 48.1 Å². The molecule has 0 radical (unpaired) electrons. The molecule has 0 aromatic heterocycles. The number of carbonyl (C=O) groups is 5. The van der Waals surface area contributed by atoms with Crippen LogP contribution in [0.25, 0.3) is 0 Å². The van der Waals surface area contributed by atoms with Crippen LogP contribution in [0.1, 0.15) is 47.4 Å². The highest BCUT2D eigenvalue weighted by molar-refractivity contribution is 6.23. The lowest BCUT2D eigenvalue weighted by Gasteiger charge is -2.34. The topological polar surface area (TPSA) is 136 Å². The molecule has 1 aromatic rings. The highest BCUT2D eigenvalue weighted by Crippen LogP contribution is 2.30. The van der Waals surface area contributed by atoms with Crippen molar-refractivity contribution in [1.82, 2.24) is 14.7 Å². The van der Waals surface area contributed by atoms with Crippen molar-refractivity contribution in [2.24, 2.45) is 5.92 Å². The lowest BCUT2D eigenvalue weighted by molar-refractivity contribution is -0.152. The molecule has 2 N–H and O–H groups in total. The number of β-amino-alcohol motifs (C(OH)–C–C–N with tert-alkyl or cyclic N) is 1. The molecular weight excluding hydrogens is 437 g/mol. The zero-order valence-corrected chi connectivity index (χ0v) is 18.9. The summed E-state index contributed by atoms with van der Waals surface area (Å²) >= 11 is 0. The number of rotatable bonds is 6. The van der Waals surface area contributed by atoms with Crippen LogP contribution in [0.15, 0.2) is 18.2 Å². The van der Waals surface area contributed by atoms with Crippen LogP contribution >= 0.6 is 0 Å². The van der Waals surface area contributed by atoms with Crippen LogP contribution in [0.4, 0.5) is 4.39 Å². The number of halogens is 1. The molecule has 180 valence electrons. The lowest BCUT2D eigenvalue weighted by Crippen LogP contribution is -2.56. The van der Waals surface area contributed by atoms with Gasteiger partial charge in [0.15, 0.2) is 0 Å². The van der Waals surface area contributed by atoms with Crippen molar-refractivity contribution in [3.05, 3.63) is 35.1 Å². The van der Waals surface area contributed by atoms with E-state index >= 15 is 0 Å². The molecule has 1 saturated heterocycles. The second-order valence-corrected chi connectivity index (χ2v) is 8.30. The molecule has 10 nitrogen and oxygen atoms in total. The Kier molecular flexibility index (Phi) is 8.39. The fourth-order valence-electron chi connectivity index (χ4n) is 4.04. The van der Waals surface area contributed by atoms with Crippen molar-refractivity contribution in [3.63, 3.8) is 0 Å². The summed E-state index contributed by atoms with van der Waals surface area (Å²) in [5.74, 6) is -4.24. The summed E-state index contributed by atoms with van der Waals surface area (Å²) in [7, 11) is 3.55. The lowest BCUT2D eigenvalue weighted by atomic mass is 10.0. The zero-order chi connectivity index (χ0) is 25.0. The predicted molar refractivity (Wildman–Crippen MR) is 114 cm³/mol. The number of hydrogen-bond acceptors (Lipinski definition) is 7. The van der Waals surface area contributed by atoms with Gasteiger partial charge in [-0.15, -0.1) is 0 Å². The van der Waals surface area contributed by atoms with E-state index in [1.54, 1.807) is 19.0 Å².